The number of carboxylic acids is 1. The minimum absolute atomic E-state index is 0.0101. The molecule has 1 aliphatic rings. The number of carboxylic acid groups (broad SMARTS) is 1. The van der Waals surface area contributed by atoms with E-state index >= 15 is 0 Å². The van der Waals surface area contributed by atoms with Crippen LogP contribution in [0, 0.1) is 5.92 Å². The van der Waals surface area contributed by atoms with Crippen LogP contribution >= 0.6 is 0 Å². The van der Waals surface area contributed by atoms with Crippen molar-refractivity contribution in [2.24, 2.45) is 61.8 Å². The Morgan fingerprint density at radius 3 is 1.56 bits per heavy atom. The summed E-state index contributed by atoms with van der Waals surface area (Å²) in [7, 11) is 0. The lowest BCUT2D eigenvalue weighted by molar-refractivity contribution is -0.145. The molecule has 1 aliphatic heterocycles. The van der Waals surface area contributed by atoms with Crippen LogP contribution in [0.3, 0.4) is 0 Å². The average molecular weight is 1010 g/mol. The Hall–Kier alpha value is -6.39. The summed E-state index contributed by atoms with van der Waals surface area (Å²) in [5.41, 5.74) is 44.3. The van der Waals surface area contributed by atoms with Crippen molar-refractivity contribution in [2.45, 2.75) is 158 Å². The van der Waals surface area contributed by atoms with E-state index in [9.17, 15) is 53.4 Å². The highest BCUT2D eigenvalue weighted by Crippen LogP contribution is 2.21. The number of nitrogens with one attached hydrogen (secondary N) is 6. The van der Waals surface area contributed by atoms with Gasteiger partial charge in [-0.1, -0.05) is 13.8 Å². The molecule has 0 aromatic heterocycles. The molecule has 404 valence electrons. The number of aliphatic imine (C=N–C) groups is 2. The maximum absolute atomic E-state index is 14.1. The molecule has 0 saturated carbocycles. The van der Waals surface area contributed by atoms with Crippen molar-refractivity contribution in [3.8, 4) is 0 Å². The number of amides is 8. The van der Waals surface area contributed by atoms with Gasteiger partial charge in [-0.3, -0.25) is 48.3 Å². The number of aliphatic hydroxyl groups is 1. The second kappa shape index (κ2) is 34.0. The Labute approximate surface area is 414 Å². The third kappa shape index (κ3) is 24.8. The van der Waals surface area contributed by atoms with Gasteiger partial charge in [0, 0.05) is 26.1 Å². The summed E-state index contributed by atoms with van der Waals surface area (Å²) in [4.78, 5) is 129. The van der Waals surface area contributed by atoms with Crippen molar-refractivity contribution in [3.05, 3.63) is 0 Å². The Morgan fingerprint density at radius 2 is 1.06 bits per heavy atom. The van der Waals surface area contributed by atoms with Gasteiger partial charge < -0.3 is 92.9 Å². The molecule has 0 radical (unpaired) electrons. The van der Waals surface area contributed by atoms with Crippen LogP contribution in [0.5, 0.6) is 0 Å². The molecule has 28 heteroatoms. The van der Waals surface area contributed by atoms with Crippen molar-refractivity contribution < 1.29 is 53.4 Å². The molecule has 71 heavy (non-hydrogen) atoms. The minimum Gasteiger partial charge on any atom is -0.480 e. The summed E-state index contributed by atoms with van der Waals surface area (Å²) in [6.45, 7) is 3.50. The first kappa shape index (κ1) is 62.6. The summed E-state index contributed by atoms with van der Waals surface area (Å²) < 4.78 is 0. The summed E-state index contributed by atoms with van der Waals surface area (Å²) in [5.74, 6) is -8.33. The quantitative estimate of drug-likeness (QED) is 0.0158. The van der Waals surface area contributed by atoms with Gasteiger partial charge in [-0.25, -0.2) is 4.79 Å². The molecular formula is C43H81N17O11. The van der Waals surface area contributed by atoms with Crippen molar-refractivity contribution >= 4 is 65.1 Å². The Balaban J connectivity index is 3.33. The van der Waals surface area contributed by atoms with Gasteiger partial charge in [0.2, 0.25) is 47.3 Å². The largest absolute Gasteiger partial charge is 0.480 e. The highest BCUT2D eigenvalue weighted by atomic mass is 16.4. The molecule has 24 N–H and O–H groups in total. The Bertz CT molecular complexity index is 1810. The highest BCUT2D eigenvalue weighted by Gasteiger charge is 2.40. The maximum atomic E-state index is 14.1. The van der Waals surface area contributed by atoms with Gasteiger partial charge in [-0.05, 0) is 109 Å². The topological polar surface area (TPSA) is 502 Å². The summed E-state index contributed by atoms with van der Waals surface area (Å²) in [5, 5.41) is 35.3. The molecule has 1 saturated heterocycles. The van der Waals surface area contributed by atoms with Crippen molar-refractivity contribution in [1.29, 1.82) is 0 Å². The van der Waals surface area contributed by atoms with E-state index in [1.165, 1.54) is 4.90 Å². The number of aliphatic carboxylic acids is 1. The maximum Gasteiger partial charge on any atom is 0.326 e. The zero-order valence-corrected chi connectivity index (χ0v) is 41.1. The fraction of sp³-hybridized carbons (Fsp3) is 0.744. The van der Waals surface area contributed by atoms with Gasteiger partial charge in [-0.15, -0.1) is 0 Å². The van der Waals surface area contributed by atoms with E-state index in [0.717, 1.165) is 0 Å². The van der Waals surface area contributed by atoms with Gasteiger partial charge in [0.15, 0.2) is 11.9 Å². The van der Waals surface area contributed by atoms with E-state index in [1.807, 2.05) is 0 Å². The second-order valence-electron chi connectivity index (χ2n) is 17.8. The molecule has 0 bridgehead atoms. The standard InChI is InChI=1S/C43H81N17O11/c1-24(2)22-30(37(66)56-28(15-16-33(47)62)40(69)60-21-9-14-32(60)39(68)57-29(41(70)71)12-4-6-18-45)58-38(67)31(23-61)59-36(65)26(11-3-5-17-44)55-35(64)27(13-8-20-53-43(50)51)54-34(63)25(46)10-7-19-52-42(48)49/h24-32,61H,3-23,44-46H2,1-2H3,(H2,47,62)(H,54,63)(H,55,64)(H,56,66)(H,57,68)(H,58,67)(H,59,65)(H,70,71)(H4,48,49,52)(H4,50,51,53)/t25-,26-,27-,28-,29-,30-,31-,32-/m0/s1. The number of guanidine groups is 2. The zero-order valence-electron chi connectivity index (χ0n) is 41.1. The van der Waals surface area contributed by atoms with E-state index < -0.39 is 108 Å². The summed E-state index contributed by atoms with van der Waals surface area (Å²) in [6, 6.07) is -10.4. The minimum atomic E-state index is -1.67. The van der Waals surface area contributed by atoms with Crippen LogP contribution in [0.15, 0.2) is 9.98 Å². The Morgan fingerprint density at radius 1 is 0.592 bits per heavy atom. The number of nitrogens with zero attached hydrogens (tertiary/aromatic N) is 3. The predicted octanol–water partition coefficient (Wildman–Crippen LogP) is -6.03. The number of likely N-dealkylation sites (tertiary alicyclic amines) is 1. The number of unbranched alkanes of at least 4 members (excludes halogenated alkanes) is 2. The summed E-state index contributed by atoms with van der Waals surface area (Å²) >= 11 is 0. The molecule has 0 spiro atoms. The van der Waals surface area contributed by atoms with Crippen LogP contribution < -0.4 is 77.8 Å². The molecule has 0 aromatic carbocycles. The second-order valence-corrected chi connectivity index (χ2v) is 17.8. The number of aliphatic hydroxyl groups excluding tert-OH is 1. The van der Waals surface area contributed by atoms with E-state index in [0.29, 0.717) is 45.1 Å². The van der Waals surface area contributed by atoms with E-state index in [2.05, 4.69) is 41.9 Å². The highest BCUT2D eigenvalue weighted by molar-refractivity contribution is 5.98. The molecule has 1 rings (SSSR count). The fourth-order valence-electron chi connectivity index (χ4n) is 7.51. The van der Waals surface area contributed by atoms with Crippen LogP contribution in [0.1, 0.15) is 110 Å². The van der Waals surface area contributed by atoms with Gasteiger partial charge in [-0.2, -0.15) is 0 Å². The first-order chi connectivity index (χ1) is 33.6. The molecule has 0 aliphatic carbocycles. The van der Waals surface area contributed by atoms with Crippen molar-refractivity contribution in [3.63, 3.8) is 0 Å². The number of carbonyl (C=O) groups is 9. The zero-order chi connectivity index (χ0) is 53.6. The van der Waals surface area contributed by atoms with Gasteiger partial charge in [0.05, 0.1) is 12.6 Å². The molecule has 8 amide bonds. The first-order valence-corrected chi connectivity index (χ1v) is 24.1. The SMILES string of the molecule is CC(C)C[C@H](NC(=O)[C@H](CO)NC(=O)[C@H](CCCCN)NC(=O)[C@H](CCCN=C(N)N)NC(=O)[C@@H](N)CCCN=C(N)N)C(=O)N[C@@H](CCC(N)=O)C(=O)N1CCC[C@H]1C(=O)N[C@@H](CCCCN)C(=O)O. The number of rotatable bonds is 36. The molecule has 0 aromatic rings. The third-order valence-electron chi connectivity index (χ3n) is 11.3. The van der Waals surface area contributed by atoms with Gasteiger partial charge in [0.25, 0.3) is 0 Å². The van der Waals surface area contributed by atoms with Crippen LogP contribution in [0.25, 0.3) is 0 Å². The van der Waals surface area contributed by atoms with Gasteiger partial charge in [0.1, 0.15) is 42.3 Å². The van der Waals surface area contributed by atoms with E-state index in [1.54, 1.807) is 13.8 Å². The van der Waals surface area contributed by atoms with Crippen LogP contribution in [0.4, 0.5) is 0 Å². The first-order valence-electron chi connectivity index (χ1n) is 24.1. The lowest BCUT2D eigenvalue weighted by Gasteiger charge is -2.31. The fourth-order valence-corrected chi connectivity index (χ4v) is 7.51. The molecule has 28 nitrogen and oxygen atoms in total. The normalized spacial score (nSPS) is 16.2. The molecular weight excluding hydrogens is 931 g/mol. The van der Waals surface area contributed by atoms with Crippen molar-refractivity contribution in [2.75, 3.05) is 39.3 Å². The lowest BCUT2D eigenvalue weighted by Crippen LogP contribution is -2.60. The van der Waals surface area contributed by atoms with Crippen LogP contribution in [-0.4, -0.2) is 168 Å². The third-order valence-corrected chi connectivity index (χ3v) is 11.3. The molecule has 1 fully saturated rings. The number of hydrogen-bond acceptors (Lipinski definition) is 15. The number of nitrogens with two attached hydrogens (primary N) is 8. The van der Waals surface area contributed by atoms with Crippen LogP contribution in [-0.2, 0) is 43.2 Å². The van der Waals surface area contributed by atoms with E-state index in [-0.39, 0.29) is 102 Å². The average Bonchev–Trinajstić information content (AvgIpc) is 3.80. The summed E-state index contributed by atoms with van der Waals surface area (Å²) in [6.07, 6.45) is 2.55. The van der Waals surface area contributed by atoms with Crippen molar-refractivity contribution in [1.82, 2.24) is 36.8 Å². The van der Waals surface area contributed by atoms with Crippen LogP contribution in [0.2, 0.25) is 0 Å². The monoisotopic (exact) mass is 1010 g/mol. The Kier molecular flexibility index (Phi) is 30.0. The van der Waals surface area contributed by atoms with Gasteiger partial charge >= 0.3 is 5.97 Å². The lowest BCUT2D eigenvalue weighted by atomic mass is 10.0. The number of hydrogen-bond donors (Lipinski definition) is 16. The smallest absolute Gasteiger partial charge is 0.326 e. The molecule has 8 atom stereocenters. The predicted molar refractivity (Wildman–Crippen MR) is 263 cm³/mol. The molecule has 1 heterocycles. The molecule has 0 unspecified atom stereocenters. The van der Waals surface area contributed by atoms with E-state index in [4.69, 9.17) is 45.9 Å². The number of primary amides is 1. The number of carbonyl (C=O) groups excluding carboxylic acids is 8.